The number of non-ortho nitro benzene ring substituents is 1. The van der Waals surface area contributed by atoms with Crippen LogP contribution in [0.1, 0.15) is 11.1 Å². The first kappa shape index (κ1) is 16.3. The molecule has 7 nitrogen and oxygen atoms in total. The van der Waals surface area contributed by atoms with Crippen molar-refractivity contribution in [1.29, 1.82) is 0 Å². The van der Waals surface area contributed by atoms with Crippen LogP contribution in [0.25, 0.3) is 0 Å². The third-order valence-electron chi connectivity index (χ3n) is 3.11. The third-order valence-corrected chi connectivity index (χ3v) is 3.11. The number of rotatable bonds is 6. The van der Waals surface area contributed by atoms with Crippen LogP contribution in [0.4, 0.5) is 5.69 Å². The van der Waals surface area contributed by atoms with Gasteiger partial charge in [-0.1, -0.05) is 12.1 Å². The van der Waals surface area contributed by atoms with E-state index in [4.69, 9.17) is 4.74 Å². The summed E-state index contributed by atoms with van der Waals surface area (Å²) in [5, 5.41) is 22.9. The molecule has 0 aliphatic rings. The van der Waals surface area contributed by atoms with Crippen molar-refractivity contribution in [2.45, 2.75) is 13.5 Å². The van der Waals surface area contributed by atoms with Crippen molar-refractivity contribution in [3.63, 3.8) is 0 Å². The number of ether oxygens (including phenoxy) is 1. The second-order valence-electron chi connectivity index (χ2n) is 4.95. The summed E-state index contributed by atoms with van der Waals surface area (Å²) in [6.45, 7) is 1.71. The van der Waals surface area contributed by atoms with E-state index in [1.807, 2.05) is 19.1 Å². The zero-order valence-electron chi connectivity index (χ0n) is 12.5. The number of carbonyl (C=O) groups excluding carboxylic acids is 1. The van der Waals surface area contributed by atoms with Crippen LogP contribution in [-0.2, 0) is 11.3 Å². The van der Waals surface area contributed by atoms with Crippen LogP contribution in [0.5, 0.6) is 11.5 Å². The molecule has 120 valence electrons. The first-order valence-electron chi connectivity index (χ1n) is 6.88. The van der Waals surface area contributed by atoms with E-state index in [-0.39, 0.29) is 30.2 Å². The summed E-state index contributed by atoms with van der Waals surface area (Å²) in [6, 6.07) is 10.9. The van der Waals surface area contributed by atoms with Crippen LogP contribution in [-0.4, -0.2) is 22.5 Å². The average molecular weight is 316 g/mol. The number of aromatic hydroxyl groups is 1. The van der Waals surface area contributed by atoms with Crippen molar-refractivity contribution in [3.8, 4) is 11.5 Å². The maximum absolute atomic E-state index is 11.8. The Morgan fingerprint density at radius 1 is 1.30 bits per heavy atom. The molecule has 2 N–H and O–H groups in total. The minimum atomic E-state index is -0.564. The van der Waals surface area contributed by atoms with Gasteiger partial charge in [-0.05, 0) is 30.7 Å². The Morgan fingerprint density at radius 2 is 2.09 bits per heavy atom. The highest BCUT2D eigenvalue weighted by atomic mass is 16.6. The molecule has 2 aromatic carbocycles. The number of nitrogens with one attached hydrogen (secondary N) is 1. The number of phenolic OH excluding ortho intramolecular Hbond substituents is 1. The van der Waals surface area contributed by atoms with Crippen LogP contribution < -0.4 is 10.1 Å². The minimum absolute atomic E-state index is 0.0243. The summed E-state index contributed by atoms with van der Waals surface area (Å²) in [5.41, 5.74) is 1.13. The molecule has 0 bridgehead atoms. The molecular weight excluding hydrogens is 300 g/mol. The smallest absolute Gasteiger partial charge is 0.270 e. The van der Waals surface area contributed by atoms with Gasteiger partial charge in [-0.25, -0.2) is 0 Å². The van der Waals surface area contributed by atoms with Gasteiger partial charge < -0.3 is 15.2 Å². The molecule has 0 saturated heterocycles. The van der Waals surface area contributed by atoms with Crippen molar-refractivity contribution in [3.05, 3.63) is 63.7 Å². The van der Waals surface area contributed by atoms with Gasteiger partial charge in [-0.2, -0.15) is 0 Å². The SMILES string of the molecule is Cc1cccc(OCC(=O)NCc2cc([N+](=O)[O-])ccc2O)c1. The van der Waals surface area contributed by atoms with E-state index in [0.717, 1.165) is 5.56 Å². The number of carbonyl (C=O) groups is 1. The number of nitro groups is 1. The Balaban J connectivity index is 1.89. The second-order valence-corrected chi connectivity index (χ2v) is 4.95. The van der Waals surface area contributed by atoms with E-state index >= 15 is 0 Å². The van der Waals surface area contributed by atoms with Crippen molar-refractivity contribution in [1.82, 2.24) is 5.32 Å². The molecule has 0 spiro atoms. The molecule has 0 fully saturated rings. The van der Waals surface area contributed by atoms with Gasteiger partial charge in [-0.15, -0.1) is 0 Å². The lowest BCUT2D eigenvalue weighted by atomic mass is 10.2. The lowest BCUT2D eigenvalue weighted by Crippen LogP contribution is -2.28. The molecule has 1 amide bonds. The Morgan fingerprint density at radius 3 is 2.78 bits per heavy atom. The van der Waals surface area contributed by atoms with Crippen LogP contribution >= 0.6 is 0 Å². The van der Waals surface area contributed by atoms with Crippen molar-refractivity contribution in [2.24, 2.45) is 0 Å². The van der Waals surface area contributed by atoms with E-state index < -0.39 is 10.8 Å². The summed E-state index contributed by atoms with van der Waals surface area (Å²) >= 11 is 0. The highest BCUT2D eigenvalue weighted by molar-refractivity contribution is 5.77. The van der Waals surface area contributed by atoms with Gasteiger partial charge >= 0.3 is 0 Å². The van der Waals surface area contributed by atoms with Crippen molar-refractivity contribution in [2.75, 3.05) is 6.61 Å². The monoisotopic (exact) mass is 316 g/mol. The lowest BCUT2D eigenvalue weighted by Gasteiger charge is -2.09. The van der Waals surface area contributed by atoms with Crippen molar-refractivity contribution >= 4 is 11.6 Å². The zero-order chi connectivity index (χ0) is 16.8. The zero-order valence-corrected chi connectivity index (χ0v) is 12.5. The molecule has 2 rings (SSSR count). The Bertz CT molecular complexity index is 730. The van der Waals surface area contributed by atoms with E-state index in [1.54, 1.807) is 12.1 Å². The van der Waals surface area contributed by atoms with Gasteiger partial charge in [0.1, 0.15) is 11.5 Å². The van der Waals surface area contributed by atoms with Gasteiger partial charge in [0, 0.05) is 24.2 Å². The number of phenols is 1. The maximum Gasteiger partial charge on any atom is 0.270 e. The largest absolute Gasteiger partial charge is 0.508 e. The first-order chi connectivity index (χ1) is 11.0. The van der Waals surface area contributed by atoms with Gasteiger partial charge in [0.05, 0.1) is 4.92 Å². The van der Waals surface area contributed by atoms with Gasteiger partial charge in [0.2, 0.25) is 0 Å². The highest BCUT2D eigenvalue weighted by Crippen LogP contribution is 2.22. The van der Waals surface area contributed by atoms with Crippen LogP contribution in [0.2, 0.25) is 0 Å². The molecule has 0 unspecified atom stereocenters. The molecule has 0 aliphatic carbocycles. The number of benzene rings is 2. The Labute approximate surface area is 132 Å². The van der Waals surface area contributed by atoms with Crippen LogP contribution in [0.3, 0.4) is 0 Å². The van der Waals surface area contributed by atoms with E-state index in [1.165, 1.54) is 18.2 Å². The van der Waals surface area contributed by atoms with Crippen LogP contribution in [0.15, 0.2) is 42.5 Å². The quantitative estimate of drug-likeness (QED) is 0.629. The molecule has 0 saturated carbocycles. The summed E-state index contributed by atoms with van der Waals surface area (Å²) in [7, 11) is 0. The molecule has 2 aromatic rings. The molecule has 0 atom stereocenters. The summed E-state index contributed by atoms with van der Waals surface area (Å²) in [6.07, 6.45) is 0. The fraction of sp³-hybridized carbons (Fsp3) is 0.188. The maximum atomic E-state index is 11.8. The lowest BCUT2D eigenvalue weighted by molar-refractivity contribution is -0.384. The highest BCUT2D eigenvalue weighted by Gasteiger charge is 2.11. The molecule has 0 aromatic heterocycles. The first-order valence-corrected chi connectivity index (χ1v) is 6.88. The predicted octanol–water partition coefficient (Wildman–Crippen LogP) is 2.30. The fourth-order valence-electron chi connectivity index (χ4n) is 1.93. The Kier molecular flexibility index (Phi) is 5.14. The summed E-state index contributed by atoms with van der Waals surface area (Å²) < 4.78 is 5.35. The van der Waals surface area contributed by atoms with E-state index in [9.17, 15) is 20.0 Å². The third kappa shape index (κ3) is 4.70. The number of hydrogen-bond donors (Lipinski definition) is 2. The molecule has 0 heterocycles. The van der Waals surface area contributed by atoms with Crippen LogP contribution in [0, 0.1) is 17.0 Å². The number of aryl methyl sites for hydroxylation is 1. The van der Waals surface area contributed by atoms with Gasteiger partial charge in [-0.3, -0.25) is 14.9 Å². The normalized spacial score (nSPS) is 10.1. The summed E-state index contributed by atoms with van der Waals surface area (Å²) in [4.78, 5) is 21.9. The molecule has 0 aliphatic heterocycles. The number of hydrogen-bond acceptors (Lipinski definition) is 5. The van der Waals surface area contributed by atoms with Crippen molar-refractivity contribution < 1.29 is 19.6 Å². The van der Waals surface area contributed by atoms with Gasteiger partial charge in [0.25, 0.3) is 11.6 Å². The number of nitro benzene ring substituents is 1. The molecule has 0 radical (unpaired) electrons. The minimum Gasteiger partial charge on any atom is -0.508 e. The van der Waals surface area contributed by atoms with E-state index in [0.29, 0.717) is 5.75 Å². The average Bonchev–Trinajstić information content (AvgIpc) is 2.52. The molecule has 23 heavy (non-hydrogen) atoms. The Hall–Kier alpha value is -3.09. The topological polar surface area (TPSA) is 102 Å². The standard InChI is InChI=1S/C16H16N2O5/c1-11-3-2-4-14(7-11)23-10-16(20)17-9-12-8-13(18(21)22)5-6-15(12)19/h2-8,19H,9-10H2,1H3,(H,17,20). The second kappa shape index (κ2) is 7.26. The summed E-state index contributed by atoms with van der Waals surface area (Å²) in [5.74, 6) is 0.0752. The number of amides is 1. The predicted molar refractivity (Wildman–Crippen MR) is 83.3 cm³/mol. The van der Waals surface area contributed by atoms with Gasteiger partial charge in [0.15, 0.2) is 6.61 Å². The van der Waals surface area contributed by atoms with E-state index in [2.05, 4.69) is 5.32 Å². The fourth-order valence-corrected chi connectivity index (χ4v) is 1.93. The number of nitrogens with zero attached hydrogens (tertiary/aromatic N) is 1. The molecular formula is C16H16N2O5. The molecule has 7 heteroatoms.